The van der Waals surface area contributed by atoms with E-state index in [-0.39, 0.29) is 42.6 Å². The van der Waals surface area contributed by atoms with Crippen molar-refractivity contribution in [1.29, 1.82) is 0 Å². The van der Waals surface area contributed by atoms with E-state index < -0.39 is 21.7 Å². The van der Waals surface area contributed by atoms with E-state index in [1.54, 1.807) is 18.2 Å². The number of halogens is 1. The van der Waals surface area contributed by atoms with Gasteiger partial charge in [0, 0.05) is 24.8 Å². The number of para-hydroxylation sites is 1. The summed E-state index contributed by atoms with van der Waals surface area (Å²) in [5.74, 6) is -0.929. The minimum atomic E-state index is -3.15. The van der Waals surface area contributed by atoms with Crippen molar-refractivity contribution in [2.75, 3.05) is 29.5 Å². The van der Waals surface area contributed by atoms with Crippen molar-refractivity contribution in [3.8, 4) is 0 Å². The lowest BCUT2D eigenvalue weighted by molar-refractivity contribution is 0.101. The van der Waals surface area contributed by atoms with Crippen LogP contribution in [0.4, 0.5) is 14.9 Å². The summed E-state index contributed by atoms with van der Waals surface area (Å²) < 4.78 is 37.7. The summed E-state index contributed by atoms with van der Waals surface area (Å²) in [6, 6.07) is 8.60. The van der Waals surface area contributed by atoms with Gasteiger partial charge < -0.3 is 4.90 Å². The van der Waals surface area contributed by atoms with Gasteiger partial charge in [0.15, 0.2) is 15.6 Å². The van der Waals surface area contributed by atoms with Gasteiger partial charge in [-0.2, -0.15) is 0 Å². The average molecular weight is 405 g/mol. The number of rotatable bonds is 4. The molecule has 1 saturated heterocycles. The lowest BCUT2D eigenvalue weighted by Gasteiger charge is -2.33. The van der Waals surface area contributed by atoms with Gasteiger partial charge in [-0.05, 0) is 31.2 Å². The standard InChI is InChI=1S/C19H20FN3O4S/c1-14(24)15-6-7-16(21-12-15)13-23(18-5-3-2-4-17(18)20)19(25)22-8-10-28(26,27)11-9-22/h2-7,12H,8-11,13H2,1H3. The molecule has 2 heterocycles. The second kappa shape index (κ2) is 8.05. The van der Waals surface area contributed by atoms with Crippen molar-refractivity contribution < 1.29 is 22.4 Å². The number of carbonyl (C=O) groups excluding carboxylic acids is 2. The summed E-state index contributed by atoms with van der Waals surface area (Å²) in [6.45, 7) is 1.53. The normalized spacial score (nSPS) is 15.9. The molecule has 1 aromatic carbocycles. The van der Waals surface area contributed by atoms with Gasteiger partial charge in [0.2, 0.25) is 0 Å². The van der Waals surface area contributed by atoms with E-state index in [1.807, 2.05) is 0 Å². The van der Waals surface area contributed by atoms with Crippen LogP contribution in [-0.4, -0.2) is 54.7 Å². The van der Waals surface area contributed by atoms with Gasteiger partial charge in [-0.1, -0.05) is 12.1 Å². The highest BCUT2D eigenvalue weighted by Crippen LogP contribution is 2.23. The average Bonchev–Trinajstić information content (AvgIpc) is 2.66. The Morgan fingerprint density at radius 1 is 1.14 bits per heavy atom. The van der Waals surface area contributed by atoms with Crippen LogP contribution >= 0.6 is 0 Å². The predicted octanol–water partition coefficient (Wildman–Crippen LogP) is 2.28. The topological polar surface area (TPSA) is 87.7 Å². The zero-order chi connectivity index (χ0) is 20.3. The highest BCUT2D eigenvalue weighted by molar-refractivity contribution is 7.91. The number of benzene rings is 1. The first-order valence-electron chi connectivity index (χ1n) is 8.74. The summed E-state index contributed by atoms with van der Waals surface area (Å²) in [5.41, 5.74) is 0.998. The molecule has 0 N–H and O–H groups in total. The first-order valence-corrected chi connectivity index (χ1v) is 10.6. The number of sulfone groups is 1. The molecule has 2 amide bonds. The van der Waals surface area contributed by atoms with Crippen LogP contribution in [0.5, 0.6) is 0 Å². The molecule has 0 atom stereocenters. The number of nitrogens with zero attached hydrogens (tertiary/aromatic N) is 3. The maximum absolute atomic E-state index is 14.4. The van der Waals surface area contributed by atoms with Crippen molar-refractivity contribution in [3.05, 3.63) is 59.7 Å². The number of ketones is 1. The molecule has 148 valence electrons. The molecule has 9 heteroatoms. The molecular formula is C19H20FN3O4S. The highest BCUT2D eigenvalue weighted by Gasteiger charge is 2.30. The van der Waals surface area contributed by atoms with Crippen LogP contribution in [0.25, 0.3) is 0 Å². The Hall–Kier alpha value is -2.81. The van der Waals surface area contributed by atoms with Crippen LogP contribution in [0, 0.1) is 5.82 Å². The molecule has 1 aromatic heterocycles. The van der Waals surface area contributed by atoms with Gasteiger partial charge >= 0.3 is 6.03 Å². The van der Waals surface area contributed by atoms with Gasteiger partial charge in [-0.15, -0.1) is 0 Å². The first kappa shape index (κ1) is 19.9. The Morgan fingerprint density at radius 2 is 1.82 bits per heavy atom. The zero-order valence-corrected chi connectivity index (χ0v) is 16.2. The van der Waals surface area contributed by atoms with Crippen molar-refractivity contribution in [1.82, 2.24) is 9.88 Å². The Bertz CT molecular complexity index is 978. The minimum absolute atomic E-state index is 0.0127. The molecule has 1 aliphatic heterocycles. The largest absolute Gasteiger partial charge is 0.325 e. The number of pyridine rings is 1. The minimum Gasteiger partial charge on any atom is -0.322 e. The molecule has 0 radical (unpaired) electrons. The van der Waals surface area contributed by atoms with Crippen LogP contribution in [0.3, 0.4) is 0 Å². The highest BCUT2D eigenvalue weighted by atomic mass is 32.2. The summed E-state index contributed by atoms with van der Waals surface area (Å²) in [5, 5.41) is 0. The van der Waals surface area contributed by atoms with Crippen LogP contribution < -0.4 is 4.90 Å². The molecule has 0 unspecified atom stereocenters. The molecule has 2 aromatic rings. The van der Waals surface area contributed by atoms with E-state index in [4.69, 9.17) is 0 Å². The van der Waals surface area contributed by atoms with E-state index in [9.17, 15) is 22.4 Å². The summed E-state index contributed by atoms with van der Waals surface area (Å²) >= 11 is 0. The monoisotopic (exact) mass is 405 g/mol. The van der Waals surface area contributed by atoms with Gasteiger partial charge in [0.05, 0.1) is 29.4 Å². The molecule has 1 aliphatic rings. The summed E-state index contributed by atoms with van der Waals surface area (Å²) in [7, 11) is -3.15. The number of hydrogen-bond acceptors (Lipinski definition) is 5. The lowest BCUT2D eigenvalue weighted by atomic mass is 10.2. The van der Waals surface area contributed by atoms with E-state index in [2.05, 4.69) is 4.98 Å². The zero-order valence-electron chi connectivity index (χ0n) is 15.3. The number of hydrogen-bond donors (Lipinski definition) is 0. The second-order valence-corrected chi connectivity index (χ2v) is 8.86. The van der Waals surface area contributed by atoms with E-state index in [0.717, 1.165) is 0 Å². The summed E-state index contributed by atoms with van der Waals surface area (Å²) in [4.78, 5) is 31.3. The Kier molecular flexibility index (Phi) is 5.73. The van der Waals surface area contributed by atoms with Crippen molar-refractivity contribution >= 4 is 27.3 Å². The van der Waals surface area contributed by atoms with Gasteiger partial charge in [0.1, 0.15) is 5.82 Å². The molecule has 7 nitrogen and oxygen atoms in total. The fourth-order valence-electron chi connectivity index (χ4n) is 2.89. The van der Waals surface area contributed by atoms with Crippen molar-refractivity contribution in [2.45, 2.75) is 13.5 Å². The molecule has 0 spiro atoms. The smallest absolute Gasteiger partial charge is 0.322 e. The summed E-state index contributed by atoms with van der Waals surface area (Å²) in [6.07, 6.45) is 1.41. The predicted molar refractivity (Wildman–Crippen MR) is 102 cm³/mol. The van der Waals surface area contributed by atoms with Crippen LogP contribution in [0.2, 0.25) is 0 Å². The number of urea groups is 1. The molecular weight excluding hydrogens is 385 g/mol. The van der Waals surface area contributed by atoms with E-state index in [0.29, 0.717) is 11.3 Å². The van der Waals surface area contributed by atoms with Gasteiger partial charge in [0.25, 0.3) is 0 Å². The van der Waals surface area contributed by atoms with E-state index in [1.165, 1.54) is 41.1 Å². The van der Waals surface area contributed by atoms with Crippen molar-refractivity contribution in [3.63, 3.8) is 0 Å². The Morgan fingerprint density at radius 3 is 2.39 bits per heavy atom. The fraction of sp³-hybridized carbons (Fsp3) is 0.316. The molecule has 28 heavy (non-hydrogen) atoms. The quantitative estimate of drug-likeness (QED) is 0.729. The lowest BCUT2D eigenvalue weighted by Crippen LogP contribution is -2.50. The number of carbonyl (C=O) groups is 2. The van der Waals surface area contributed by atoms with E-state index >= 15 is 0 Å². The fourth-order valence-corrected chi connectivity index (χ4v) is 4.09. The first-order chi connectivity index (χ1) is 13.3. The molecule has 0 aliphatic carbocycles. The Balaban J connectivity index is 1.88. The second-order valence-electron chi connectivity index (χ2n) is 6.55. The van der Waals surface area contributed by atoms with Gasteiger partial charge in [-0.3, -0.25) is 14.7 Å². The van der Waals surface area contributed by atoms with Crippen LogP contribution in [0.15, 0.2) is 42.6 Å². The molecule has 0 bridgehead atoms. The molecule has 1 fully saturated rings. The van der Waals surface area contributed by atoms with Crippen molar-refractivity contribution in [2.24, 2.45) is 0 Å². The maximum Gasteiger partial charge on any atom is 0.325 e. The Labute approximate surface area is 162 Å². The molecule has 0 saturated carbocycles. The third kappa shape index (κ3) is 4.53. The van der Waals surface area contributed by atoms with Crippen LogP contribution in [0.1, 0.15) is 23.0 Å². The third-order valence-corrected chi connectivity index (χ3v) is 6.15. The number of anilines is 1. The number of amides is 2. The SMILES string of the molecule is CC(=O)c1ccc(CN(C(=O)N2CCS(=O)(=O)CC2)c2ccccc2F)nc1. The van der Waals surface area contributed by atoms with Crippen LogP contribution in [-0.2, 0) is 16.4 Å². The molecule has 3 rings (SSSR count). The number of aromatic nitrogens is 1. The third-order valence-electron chi connectivity index (χ3n) is 4.54. The maximum atomic E-state index is 14.4. The number of Topliss-reactive ketones (excluding diaryl/α,β-unsaturated/α-hetero) is 1. The van der Waals surface area contributed by atoms with Gasteiger partial charge in [-0.25, -0.2) is 17.6 Å².